The second-order valence-electron chi connectivity index (χ2n) is 9.78. The van der Waals surface area contributed by atoms with E-state index in [0.717, 1.165) is 25.9 Å². The molecule has 8 nitrogen and oxygen atoms in total. The first kappa shape index (κ1) is 25.6. The Morgan fingerprint density at radius 1 is 1.22 bits per heavy atom. The number of hydrogen-bond donors (Lipinski definition) is 2. The molecule has 0 radical (unpaired) electrons. The zero-order valence-electron chi connectivity index (χ0n) is 20.0. The molecular formula is C24H38N4O4. The van der Waals surface area contributed by atoms with Crippen molar-refractivity contribution < 1.29 is 19.1 Å². The number of piperidine rings is 1. The highest BCUT2D eigenvalue weighted by molar-refractivity contribution is 5.94. The molecule has 32 heavy (non-hydrogen) atoms. The van der Waals surface area contributed by atoms with Crippen LogP contribution in [0.2, 0.25) is 0 Å². The molecule has 0 bridgehead atoms. The summed E-state index contributed by atoms with van der Waals surface area (Å²) in [5.74, 6) is -0.218. The van der Waals surface area contributed by atoms with Crippen LogP contribution in [0.25, 0.3) is 0 Å². The van der Waals surface area contributed by atoms with E-state index in [1.807, 2.05) is 39.5 Å². The van der Waals surface area contributed by atoms with Crippen molar-refractivity contribution in [3.8, 4) is 0 Å². The van der Waals surface area contributed by atoms with Gasteiger partial charge in [0.1, 0.15) is 5.60 Å². The number of nitrogens with one attached hydrogen (secondary N) is 1. The molecule has 1 fully saturated rings. The predicted octanol–water partition coefficient (Wildman–Crippen LogP) is 3.47. The highest BCUT2D eigenvalue weighted by Crippen LogP contribution is 2.21. The smallest absolute Gasteiger partial charge is 0.410 e. The van der Waals surface area contributed by atoms with Crippen LogP contribution < -0.4 is 11.1 Å². The van der Waals surface area contributed by atoms with Crippen molar-refractivity contribution in [1.82, 2.24) is 9.80 Å². The first-order valence-electron chi connectivity index (χ1n) is 11.4. The standard InChI is InChI=1S/C24H38N4O4/c1-17(2)28(23(31)32-24(3,4)5)16-18-7-6-13-27(15-18)14-12-21(29)26-20-10-8-19(9-11-20)22(25)30/h8-11,17-18H,6-7,12-16H2,1-5H3,(H2,25,30)(H,26,29). The molecule has 0 aliphatic carbocycles. The van der Waals surface area contributed by atoms with Gasteiger partial charge in [0.2, 0.25) is 11.8 Å². The first-order valence-corrected chi connectivity index (χ1v) is 11.4. The zero-order chi connectivity index (χ0) is 23.9. The molecule has 1 aromatic rings. The Labute approximate surface area is 191 Å². The summed E-state index contributed by atoms with van der Waals surface area (Å²) in [5.41, 5.74) is 5.77. The predicted molar refractivity (Wildman–Crippen MR) is 125 cm³/mol. The highest BCUT2D eigenvalue weighted by atomic mass is 16.6. The summed E-state index contributed by atoms with van der Waals surface area (Å²) in [5, 5.41) is 2.86. The van der Waals surface area contributed by atoms with Crippen molar-refractivity contribution in [2.24, 2.45) is 11.7 Å². The minimum atomic E-state index is -0.518. The normalized spacial score (nSPS) is 17.1. The van der Waals surface area contributed by atoms with Gasteiger partial charge < -0.3 is 25.6 Å². The van der Waals surface area contributed by atoms with Crippen LogP contribution in [0.5, 0.6) is 0 Å². The van der Waals surface area contributed by atoms with Crippen molar-refractivity contribution in [3.63, 3.8) is 0 Å². The fourth-order valence-electron chi connectivity index (χ4n) is 3.80. The zero-order valence-corrected chi connectivity index (χ0v) is 20.0. The minimum absolute atomic E-state index is 0.0620. The SMILES string of the molecule is CC(C)N(CC1CCCN(CCC(=O)Nc2ccc(C(N)=O)cc2)C1)C(=O)OC(C)(C)C. The second kappa shape index (κ2) is 11.3. The van der Waals surface area contributed by atoms with Crippen LogP contribution >= 0.6 is 0 Å². The largest absolute Gasteiger partial charge is 0.444 e. The Morgan fingerprint density at radius 2 is 1.88 bits per heavy atom. The number of hydrogen-bond acceptors (Lipinski definition) is 5. The summed E-state index contributed by atoms with van der Waals surface area (Å²) >= 11 is 0. The van der Waals surface area contributed by atoms with Gasteiger partial charge in [-0.05, 0) is 84.2 Å². The fourth-order valence-corrected chi connectivity index (χ4v) is 3.80. The molecule has 2 rings (SSSR count). The molecule has 1 aliphatic rings. The molecule has 1 saturated heterocycles. The van der Waals surface area contributed by atoms with Crippen LogP contribution in [0, 0.1) is 5.92 Å². The Kier molecular flexibility index (Phi) is 9.07. The van der Waals surface area contributed by atoms with E-state index in [1.54, 1.807) is 24.3 Å². The summed E-state index contributed by atoms with van der Waals surface area (Å²) in [6.45, 7) is 12.8. The van der Waals surface area contributed by atoms with Crippen molar-refractivity contribution in [1.29, 1.82) is 0 Å². The molecule has 1 aliphatic heterocycles. The third-order valence-electron chi connectivity index (χ3n) is 5.42. The van der Waals surface area contributed by atoms with Gasteiger partial charge in [0.15, 0.2) is 0 Å². The number of ether oxygens (including phenoxy) is 1. The van der Waals surface area contributed by atoms with Gasteiger partial charge in [0.05, 0.1) is 0 Å². The van der Waals surface area contributed by atoms with Gasteiger partial charge in [-0.15, -0.1) is 0 Å². The number of carbonyl (C=O) groups is 3. The third kappa shape index (κ3) is 8.49. The Balaban J connectivity index is 1.83. The Bertz CT molecular complexity index is 786. The lowest BCUT2D eigenvalue weighted by atomic mass is 9.97. The van der Waals surface area contributed by atoms with Crippen LogP contribution in [0.3, 0.4) is 0 Å². The molecule has 3 N–H and O–H groups in total. The van der Waals surface area contributed by atoms with E-state index in [4.69, 9.17) is 10.5 Å². The first-order chi connectivity index (χ1) is 14.9. The van der Waals surface area contributed by atoms with Crippen molar-refractivity contribution in [3.05, 3.63) is 29.8 Å². The third-order valence-corrected chi connectivity index (χ3v) is 5.42. The monoisotopic (exact) mass is 446 g/mol. The van der Waals surface area contributed by atoms with Crippen LogP contribution in [0.1, 0.15) is 64.2 Å². The highest BCUT2D eigenvalue weighted by Gasteiger charge is 2.29. The summed E-state index contributed by atoms with van der Waals surface area (Å²) in [4.78, 5) is 40.2. The molecule has 1 heterocycles. The van der Waals surface area contributed by atoms with E-state index in [0.29, 0.717) is 36.7 Å². The molecule has 1 unspecified atom stereocenters. The van der Waals surface area contributed by atoms with Crippen LogP contribution in [-0.2, 0) is 9.53 Å². The van der Waals surface area contributed by atoms with Gasteiger partial charge in [0.25, 0.3) is 0 Å². The number of benzene rings is 1. The van der Waals surface area contributed by atoms with Gasteiger partial charge in [-0.3, -0.25) is 9.59 Å². The topological polar surface area (TPSA) is 105 Å². The quantitative estimate of drug-likeness (QED) is 0.636. The Morgan fingerprint density at radius 3 is 2.44 bits per heavy atom. The van der Waals surface area contributed by atoms with Crippen molar-refractivity contribution >= 4 is 23.6 Å². The molecule has 0 aromatic heterocycles. The molecule has 1 aromatic carbocycles. The average molecular weight is 447 g/mol. The lowest BCUT2D eigenvalue weighted by Crippen LogP contribution is -2.47. The number of nitrogens with zero attached hydrogens (tertiary/aromatic N) is 2. The number of amides is 3. The number of primary amides is 1. The lowest BCUT2D eigenvalue weighted by molar-refractivity contribution is -0.116. The van der Waals surface area contributed by atoms with Crippen LogP contribution in [0.4, 0.5) is 10.5 Å². The minimum Gasteiger partial charge on any atom is -0.444 e. The van der Waals surface area contributed by atoms with Gasteiger partial charge in [-0.1, -0.05) is 0 Å². The summed E-state index contributed by atoms with van der Waals surface area (Å²) in [6.07, 6.45) is 2.21. The molecule has 0 spiro atoms. The van der Waals surface area contributed by atoms with Crippen LogP contribution in [-0.4, -0.2) is 65.5 Å². The lowest BCUT2D eigenvalue weighted by Gasteiger charge is -2.37. The molecule has 3 amide bonds. The molecule has 8 heteroatoms. The summed E-state index contributed by atoms with van der Waals surface area (Å²) < 4.78 is 5.58. The van der Waals surface area contributed by atoms with E-state index < -0.39 is 11.5 Å². The molecule has 0 saturated carbocycles. The fraction of sp³-hybridized carbons (Fsp3) is 0.625. The Hall–Kier alpha value is -2.61. The van der Waals surface area contributed by atoms with Crippen molar-refractivity contribution in [2.75, 3.05) is 31.5 Å². The maximum Gasteiger partial charge on any atom is 0.410 e. The second-order valence-corrected chi connectivity index (χ2v) is 9.78. The van der Waals surface area contributed by atoms with E-state index in [-0.39, 0.29) is 18.0 Å². The average Bonchev–Trinajstić information content (AvgIpc) is 2.69. The van der Waals surface area contributed by atoms with Gasteiger partial charge in [-0.2, -0.15) is 0 Å². The van der Waals surface area contributed by atoms with Crippen molar-refractivity contribution in [2.45, 2.75) is 65.5 Å². The molecule has 178 valence electrons. The molecular weight excluding hydrogens is 408 g/mol. The maximum absolute atomic E-state index is 12.6. The number of carbonyl (C=O) groups excluding carboxylic acids is 3. The van der Waals surface area contributed by atoms with Crippen LogP contribution in [0.15, 0.2) is 24.3 Å². The van der Waals surface area contributed by atoms with Gasteiger partial charge in [0, 0.05) is 43.3 Å². The van der Waals surface area contributed by atoms with E-state index in [2.05, 4.69) is 10.2 Å². The summed E-state index contributed by atoms with van der Waals surface area (Å²) in [6, 6.07) is 6.60. The van der Waals surface area contributed by atoms with E-state index >= 15 is 0 Å². The number of rotatable bonds is 8. The number of anilines is 1. The van der Waals surface area contributed by atoms with Gasteiger partial charge >= 0.3 is 6.09 Å². The number of nitrogens with two attached hydrogens (primary N) is 1. The number of likely N-dealkylation sites (tertiary alicyclic amines) is 1. The maximum atomic E-state index is 12.6. The molecule has 1 atom stereocenters. The summed E-state index contributed by atoms with van der Waals surface area (Å²) in [7, 11) is 0. The van der Waals surface area contributed by atoms with E-state index in [1.165, 1.54) is 0 Å². The van der Waals surface area contributed by atoms with E-state index in [9.17, 15) is 14.4 Å². The van der Waals surface area contributed by atoms with Gasteiger partial charge in [-0.25, -0.2) is 4.79 Å².